The fourth-order valence-corrected chi connectivity index (χ4v) is 2.80. The molecule has 24 heavy (non-hydrogen) atoms. The summed E-state index contributed by atoms with van der Waals surface area (Å²) in [7, 11) is 2.81. The lowest BCUT2D eigenvalue weighted by atomic mass is 10.2. The molecule has 128 valence electrons. The molecule has 1 aliphatic heterocycles. The summed E-state index contributed by atoms with van der Waals surface area (Å²) < 4.78 is 10.1. The van der Waals surface area contributed by atoms with Crippen molar-refractivity contribution in [2.75, 3.05) is 14.2 Å². The van der Waals surface area contributed by atoms with Gasteiger partial charge in [0, 0.05) is 5.56 Å². The molecule has 1 unspecified atom stereocenters. The fourth-order valence-electron chi connectivity index (χ4n) is 1.88. The number of amides is 1. The Morgan fingerprint density at radius 3 is 2.54 bits per heavy atom. The van der Waals surface area contributed by atoms with E-state index in [9.17, 15) is 14.7 Å². The van der Waals surface area contributed by atoms with E-state index < -0.39 is 17.1 Å². The Hall–Kier alpha value is -2.75. The molecule has 0 aliphatic carbocycles. The molecule has 1 amide bonds. The standard InChI is InChI=1S/C14H15N3O6S/c1-22-8-3-7(4-9(23-2)12(8)20)6-15-17-14-16-13(21)10(24-14)5-11(18)19/h3-4,6,10,20H,5H2,1-2H3,(H,18,19)(H,16,17,21). The third-order valence-electron chi connectivity index (χ3n) is 2.99. The average molecular weight is 353 g/mol. The molecule has 1 saturated heterocycles. The number of hydrogen-bond acceptors (Lipinski definition) is 8. The van der Waals surface area contributed by atoms with Crippen molar-refractivity contribution in [1.29, 1.82) is 0 Å². The number of thioether (sulfide) groups is 1. The molecular formula is C14H15N3O6S. The zero-order valence-corrected chi connectivity index (χ0v) is 13.7. The van der Waals surface area contributed by atoms with Gasteiger partial charge in [-0.15, -0.1) is 5.10 Å². The van der Waals surface area contributed by atoms with Crippen LogP contribution >= 0.6 is 11.8 Å². The minimum atomic E-state index is -1.06. The smallest absolute Gasteiger partial charge is 0.305 e. The van der Waals surface area contributed by atoms with Crippen LogP contribution in [0.2, 0.25) is 0 Å². The van der Waals surface area contributed by atoms with Crippen molar-refractivity contribution in [3.05, 3.63) is 17.7 Å². The number of aromatic hydroxyl groups is 1. The number of ether oxygens (including phenoxy) is 2. The first-order valence-corrected chi connectivity index (χ1v) is 7.58. The lowest BCUT2D eigenvalue weighted by Gasteiger charge is -2.08. The monoisotopic (exact) mass is 353 g/mol. The third-order valence-corrected chi connectivity index (χ3v) is 4.07. The van der Waals surface area contributed by atoms with Gasteiger partial charge in [-0.1, -0.05) is 11.8 Å². The van der Waals surface area contributed by atoms with Gasteiger partial charge in [-0.05, 0) is 12.1 Å². The Bertz CT molecular complexity index is 693. The number of amidine groups is 1. The molecule has 0 bridgehead atoms. The van der Waals surface area contributed by atoms with Gasteiger partial charge in [0.1, 0.15) is 5.25 Å². The average Bonchev–Trinajstić information content (AvgIpc) is 2.87. The number of carbonyl (C=O) groups excluding carboxylic acids is 1. The number of benzene rings is 1. The number of carbonyl (C=O) groups is 2. The number of nitrogens with one attached hydrogen (secondary N) is 1. The molecule has 1 aromatic carbocycles. The Balaban J connectivity index is 2.12. The van der Waals surface area contributed by atoms with E-state index in [2.05, 4.69) is 15.5 Å². The highest BCUT2D eigenvalue weighted by molar-refractivity contribution is 8.15. The zero-order valence-electron chi connectivity index (χ0n) is 12.8. The maximum atomic E-state index is 11.6. The molecule has 1 fully saturated rings. The summed E-state index contributed by atoms with van der Waals surface area (Å²) in [6, 6.07) is 3.07. The lowest BCUT2D eigenvalue weighted by molar-refractivity contribution is -0.138. The molecule has 1 heterocycles. The van der Waals surface area contributed by atoms with Gasteiger partial charge >= 0.3 is 5.97 Å². The predicted octanol–water partition coefficient (Wildman–Crippen LogP) is 0.806. The van der Waals surface area contributed by atoms with Crippen LogP contribution in [-0.2, 0) is 9.59 Å². The summed E-state index contributed by atoms with van der Waals surface area (Å²) >= 11 is 1.01. The summed E-state index contributed by atoms with van der Waals surface area (Å²) in [6.07, 6.45) is 1.10. The van der Waals surface area contributed by atoms with E-state index in [1.165, 1.54) is 32.6 Å². The number of carboxylic acids is 1. The van der Waals surface area contributed by atoms with Crippen molar-refractivity contribution < 1.29 is 29.3 Å². The van der Waals surface area contributed by atoms with E-state index in [1.54, 1.807) is 0 Å². The number of phenolic OH excluding ortho intramolecular Hbond substituents is 1. The van der Waals surface area contributed by atoms with Crippen molar-refractivity contribution in [1.82, 2.24) is 5.32 Å². The van der Waals surface area contributed by atoms with Gasteiger partial charge in [-0.25, -0.2) is 0 Å². The van der Waals surface area contributed by atoms with Crippen LogP contribution in [0.4, 0.5) is 0 Å². The van der Waals surface area contributed by atoms with Crippen LogP contribution in [0.3, 0.4) is 0 Å². The van der Waals surface area contributed by atoms with Gasteiger partial charge in [-0.2, -0.15) is 5.10 Å². The highest BCUT2D eigenvalue weighted by atomic mass is 32.2. The molecule has 0 radical (unpaired) electrons. The molecule has 10 heteroatoms. The van der Waals surface area contributed by atoms with Crippen LogP contribution in [0.5, 0.6) is 17.2 Å². The topological polar surface area (TPSA) is 130 Å². The largest absolute Gasteiger partial charge is 0.502 e. The molecule has 0 aromatic heterocycles. The van der Waals surface area contributed by atoms with Crippen LogP contribution in [0.25, 0.3) is 0 Å². The minimum absolute atomic E-state index is 0.126. The van der Waals surface area contributed by atoms with Crippen molar-refractivity contribution in [3.8, 4) is 17.2 Å². The lowest BCUT2D eigenvalue weighted by Crippen LogP contribution is -2.26. The number of phenols is 1. The number of rotatable bonds is 6. The predicted molar refractivity (Wildman–Crippen MR) is 88.0 cm³/mol. The molecule has 1 aromatic rings. The van der Waals surface area contributed by atoms with Crippen molar-refractivity contribution in [2.45, 2.75) is 11.7 Å². The quantitative estimate of drug-likeness (QED) is 0.509. The van der Waals surface area contributed by atoms with Crippen LogP contribution in [0.15, 0.2) is 22.3 Å². The Morgan fingerprint density at radius 2 is 2.00 bits per heavy atom. The second-order valence-corrected chi connectivity index (χ2v) is 5.81. The zero-order chi connectivity index (χ0) is 17.7. The van der Waals surface area contributed by atoms with E-state index in [0.717, 1.165) is 11.8 Å². The van der Waals surface area contributed by atoms with E-state index in [0.29, 0.717) is 5.56 Å². The first-order valence-electron chi connectivity index (χ1n) is 6.70. The minimum Gasteiger partial charge on any atom is -0.502 e. The Labute approximate surface area is 141 Å². The molecule has 9 nitrogen and oxygen atoms in total. The molecular weight excluding hydrogens is 338 g/mol. The summed E-state index contributed by atoms with van der Waals surface area (Å²) in [4.78, 5) is 22.2. The Morgan fingerprint density at radius 1 is 1.38 bits per heavy atom. The van der Waals surface area contributed by atoms with Crippen LogP contribution < -0.4 is 14.8 Å². The van der Waals surface area contributed by atoms with E-state index >= 15 is 0 Å². The fraction of sp³-hybridized carbons (Fsp3) is 0.286. The molecule has 0 saturated carbocycles. The van der Waals surface area contributed by atoms with E-state index in [-0.39, 0.29) is 28.8 Å². The molecule has 1 atom stereocenters. The van der Waals surface area contributed by atoms with Gasteiger partial charge in [0.15, 0.2) is 16.7 Å². The van der Waals surface area contributed by atoms with Gasteiger partial charge in [0.05, 0.1) is 26.9 Å². The summed E-state index contributed by atoms with van der Waals surface area (Å²) in [5, 5.41) is 28.2. The van der Waals surface area contributed by atoms with Crippen LogP contribution in [-0.4, -0.2) is 52.9 Å². The van der Waals surface area contributed by atoms with Gasteiger partial charge in [-0.3, -0.25) is 9.59 Å². The van der Waals surface area contributed by atoms with Crippen LogP contribution in [0.1, 0.15) is 12.0 Å². The Kier molecular flexibility index (Phi) is 5.64. The SMILES string of the molecule is COc1cc(C=NN=C2NC(=O)C(CC(=O)O)S2)cc(OC)c1O. The highest BCUT2D eigenvalue weighted by Crippen LogP contribution is 2.36. The van der Waals surface area contributed by atoms with Gasteiger partial charge in [0.2, 0.25) is 11.7 Å². The number of hydrogen-bond donors (Lipinski definition) is 3. The summed E-state index contributed by atoms with van der Waals surface area (Å²) in [5.74, 6) is -1.17. The number of nitrogens with zero attached hydrogens (tertiary/aromatic N) is 2. The van der Waals surface area contributed by atoms with E-state index in [4.69, 9.17) is 14.6 Å². The maximum Gasteiger partial charge on any atom is 0.305 e. The number of aliphatic carboxylic acids is 1. The van der Waals surface area contributed by atoms with Gasteiger partial charge in [0.25, 0.3) is 0 Å². The van der Waals surface area contributed by atoms with E-state index in [1.807, 2.05) is 0 Å². The van der Waals surface area contributed by atoms with Crippen molar-refractivity contribution in [2.24, 2.45) is 10.2 Å². The normalized spacial score (nSPS) is 18.8. The molecule has 1 aliphatic rings. The first-order chi connectivity index (χ1) is 11.4. The summed E-state index contributed by atoms with van der Waals surface area (Å²) in [5.41, 5.74) is 0.558. The maximum absolute atomic E-state index is 11.6. The van der Waals surface area contributed by atoms with Crippen LogP contribution in [0, 0.1) is 0 Å². The van der Waals surface area contributed by atoms with Gasteiger partial charge < -0.3 is 25.0 Å². The second-order valence-electron chi connectivity index (χ2n) is 4.62. The van der Waals surface area contributed by atoms with Crippen molar-refractivity contribution in [3.63, 3.8) is 0 Å². The highest BCUT2D eigenvalue weighted by Gasteiger charge is 2.32. The van der Waals surface area contributed by atoms with Crippen molar-refractivity contribution >= 4 is 35.0 Å². The summed E-state index contributed by atoms with van der Waals surface area (Å²) in [6.45, 7) is 0. The first kappa shape index (κ1) is 17.6. The molecule has 2 rings (SSSR count). The third kappa shape index (κ3) is 4.16. The number of methoxy groups -OCH3 is 2. The molecule has 0 spiro atoms. The second kappa shape index (κ2) is 7.68. The molecule has 3 N–H and O–H groups in total. The number of carboxylic acid groups (broad SMARTS) is 1.